The van der Waals surface area contributed by atoms with Gasteiger partial charge in [-0.25, -0.2) is 0 Å². The van der Waals surface area contributed by atoms with Gasteiger partial charge >= 0.3 is 0 Å². The van der Waals surface area contributed by atoms with E-state index in [0.29, 0.717) is 0 Å². The Labute approximate surface area is 126 Å². The van der Waals surface area contributed by atoms with Crippen molar-refractivity contribution in [2.45, 2.75) is 78.6 Å². The van der Waals surface area contributed by atoms with Gasteiger partial charge in [-0.05, 0) is 62.6 Å². The highest BCUT2D eigenvalue weighted by Crippen LogP contribution is 2.17. The molecule has 0 saturated heterocycles. The normalized spacial score (nSPS) is 10.8. The van der Waals surface area contributed by atoms with Crippen LogP contribution in [0.1, 0.15) is 75.0 Å². The molecule has 0 nitrogen and oxygen atoms in total. The Balaban J connectivity index is 2.13. The average Bonchev–Trinajstić information content (AvgIpc) is 2.42. The van der Waals surface area contributed by atoms with Gasteiger partial charge in [0, 0.05) is 0 Å². The Morgan fingerprint density at radius 1 is 0.900 bits per heavy atom. The second kappa shape index (κ2) is 9.80. The first-order valence-electron chi connectivity index (χ1n) is 8.36. The van der Waals surface area contributed by atoms with Crippen LogP contribution in [0, 0.1) is 13.8 Å². The second-order valence-electron chi connectivity index (χ2n) is 6.19. The summed E-state index contributed by atoms with van der Waals surface area (Å²) >= 11 is 0. The maximum atomic E-state index is 4.24. The summed E-state index contributed by atoms with van der Waals surface area (Å²) in [6, 6.07) is 6.85. The van der Waals surface area contributed by atoms with Crippen molar-refractivity contribution in [2.75, 3.05) is 0 Å². The van der Waals surface area contributed by atoms with Crippen molar-refractivity contribution in [3.63, 3.8) is 0 Å². The molecular weight excluding hydrogens is 240 g/mol. The molecule has 0 saturated carbocycles. The van der Waals surface area contributed by atoms with Crippen LogP contribution in [0.5, 0.6) is 0 Å². The monoisotopic (exact) mass is 272 g/mol. The molecule has 0 spiro atoms. The third-order valence-corrected chi connectivity index (χ3v) is 4.20. The number of hydrogen-bond donors (Lipinski definition) is 0. The van der Waals surface area contributed by atoms with E-state index in [1.54, 1.807) is 0 Å². The molecule has 0 heterocycles. The summed E-state index contributed by atoms with van der Waals surface area (Å²) in [6.07, 6.45) is 11.7. The number of benzene rings is 1. The zero-order chi connectivity index (χ0) is 14.8. The Hall–Kier alpha value is -1.04. The van der Waals surface area contributed by atoms with Crippen LogP contribution >= 0.6 is 0 Å². The van der Waals surface area contributed by atoms with Gasteiger partial charge in [0.15, 0.2) is 0 Å². The Morgan fingerprint density at radius 3 is 2.30 bits per heavy atom. The number of aryl methyl sites for hydroxylation is 3. The summed E-state index contributed by atoms with van der Waals surface area (Å²) < 4.78 is 0. The number of hydrogen-bond acceptors (Lipinski definition) is 0. The fourth-order valence-corrected chi connectivity index (χ4v) is 2.61. The molecule has 0 aliphatic carbocycles. The summed E-state index contributed by atoms with van der Waals surface area (Å²) in [5.74, 6) is 0. The predicted molar refractivity (Wildman–Crippen MR) is 91.4 cm³/mol. The molecule has 112 valence electrons. The first-order chi connectivity index (χ1) is 9.63. The fourth-order valence-electron chi connectivity index (χ4n) is 2.61. The lowest BCUT2D eigenvalue weighted by molar-refractivity contribution is 0.621. The van der Waals surface area contributed by atoms with Gasteiger partial charge in [0.05, 0.1) is 0 Å². The van der Waals surface area contributed by atoms with Crippen molar-refractivity contribution in [3.8, 4) is 0 Å². The standard InChI is InChI=1S/C20H32/c1-5-6-7-8-9-11-17(2)12-10-13-20-15-14-18(3)19(4)16-20/h14-16H,2,5-13H2,1,3-4H3. The van der Waals surface area contributed by atoms with Crippen LogP contribution in [0.4, 0.5) is 0 Å². The number of allylic oxidation sites excluding steroid dienone is 1. The minimum Gasteiger partial charge on any atom is -0.0999 e. The first kappa shape index (κ1) is 17.0. The van der Waals surface area contributed by atoms with Crippen molar-refractivity contribution >= 4 is 0 Å². The molecule has 0 radical (unpaired) electrons. The molecule has 0 fully saturated rings. The first-order valence-corrected chi connectivity index (χ1v) is 8.36. The van der Waals surface area contributed by atoms with Crippen LogP contribution in [-0.4, -0.2) is 0 Å². The van der Waals surface area contributed by atoms with Crippen LogP contribution in [0.25, 0.3) is 0 Å². The SMILES string of the molecule is C=C(CCCCCCC)CCCc1ccc(C)c(C)c1. The van der Waals surface area contributed by atoms with Gasteiger partial charge in [-0.1, -0.05) is 63.0 Å². The largest absolute Gasteiger partial charge is 0.0999 e. The van der Waals surface area contributed by atoms with Gasteiger partial charge in [-0.2, -0.15) is 0 Å². The number of rotatable bonds is 10. The zero-order valence-electron chi connectivity index (χ0n) is 13.8. The van der Waals surface area contributed by atoms with Crippen LogP contribution < -0.4 is 0 Å². The van der Waals surface area contributed by atoms with Crippen molar-refractivity contribution in [2.24, 2.45) is 0 Å². The van der Waals surface area contributed by atoms with E-state index in [9.17, 15) is 0 Å². The quantitative estimate of drug-likeness (QED) is 0.335. The fraction of sp³-hybridized carbons (Fsp3) is 0.600. The van der Waals surface area contributed by atoms with Crippen LogP contribution in [0.15, 0.2) is 30.4 Å². The average molecular weight is 272 g/mol. The van der Waals surface area contributed by atoms with Gasteiger partial charge in [0.25, 0.3) is 0 Å². The predicted octanol–water partition coefficient (Wildman–Crippen LogP) is 6.54. The third kappa shape index (κ3) is 6.93. The lowest BCUT2D eigenvalue weighted by Crippen LogP contribution is -1.91. The lowest BCUT2D eigenvalue weighted by atomic mass is 9.99. The topological polar surface area (TPSA) is 0 Å². The van der Waals surface area contributed by atoms with E-state index < -0.39 is 0 Å². The van der Waals surface area contributed by atoms with E-state index in [2.05, 4.69) is 45.5 Å². The summed E-state index contributed by atoms with van der Waals surface area (Å²) in [7, 11) is 0. The molecule has 1 aromatic carbocycles. The molecule has 0 aliphatic rings. The molecular formula is C20H32. The van der Waals surface area contributed by atoms with Crippen LogP contribution in [0.2, 0.25) is 0 Å². The van der Waals surface area contributed by atoms with Crippen molar-refractivity contribution in [1.29, 1.82) is 0 Å². The van der Waals surface area contributed by atoms with Crippen molar-refractivity contribution < 1.29 is 0 Å². The molecule has 0 aliphatic heterocycles. The molecule has 1 rings (SSSR count). The summed E-state index contributed by atoms with van der Waals surface area (Å²) in [6.45, 7) is 10.9. The smallest absolute Gasteiger partial charge is 0.0276 e. The van der Waals surface area contributed by atoms with Gasteiger partial charge < -0.3 is 0 Å². The van der Waals surface area contributed by atoms with E-state index in [-0.39, 0.29) is 0 Å². The molecule has 1 aromatic rings. The summed E-state index contributed by atoms with van der Waals surface area (Å²) in [4.78, 5) is 0. The minimum atomic E-state index is 1.19. The van der Waals surface area contributed by atoms with E-state index in [1.165, 1.54) is 80.1 Å². The molecule has 0 bridgehead atoms. The maximum Gasteiger partial charge on any atom is -0.0276 e. The van der Waals surface area contributed by atoms with Crippen molar-refractivity contribution in [1.82, 2.24) is 0 Å². The van der Waals surface area contributed by atoms with E-state index in [0.717, 1.165) is 0 Å². The maximum absolute atomic E-state index is 4.24. The molecule has 0 aromatic heterocycles. The Kier molecular flexibility index (Phi) is 8.34. The van der Waals surface area contributed by atoms with Crippen LogP contribution in [-0.2, 0) is 6.42 Å². The summed E-state index contributed by atoms with van der Waals surface area (Å²) in [5.41, 5.74) is 5.73. The highest BCUT2D eigenvalue weighted by atomic mass is 14.1. The molecule has 0 N–H and O–H groups in total. The zero-order valence-corrected chi connectivity index (χ0v) is 13.8. The van der Waals surface area contributed by atoms with Crippen molar-refractivity contribution in [3.05, 3.63) is 47.0 Å². The number of unbranched alkanes of at least 4 members (excludes halogenated alkanes) is 4. The highest BCUT2D eigenvalue weighted by Gasteiger charge is 1.99. The molecule has 0 amide bonds. The second-order valence-corrected chi connectivity index (χ2v) is 6.19. The van der Waals surface area contributed by atoms with E-state index in [1.807, 2.05) is 0 Å². The Bertz CT molecular complexity index is 400. The third-order valence-electron chi connectivity index (χ3n) is 4.20. The molecule has 0 atom stereocenters. The lowest BCUT2D eigenvalue weighted by Gasteiger charge is -2.07. The van der Waals surface area contributed by atoms with Gasteiger partial charge in [-0.15, -0.1) is 0 Å². The van der Waals surface area contributed by atoms with E-state index >= 15 is 0 Å². The van der Waals surface area contributed by atoms with Gasteiger partial charge in [-0.3, -0.25) is 0 Å². The minimum absolute atomic E-state index is 1.19. The van der Waals surface area contributed by atoms with Gasteiger partial charge in [0.1, 0.15) is 0 Å². The molecule has 20 heavy (non-hydrogen) atoms. The Morgan fingerprint density at radius 2 is 1.60 bits per heavy atom. The van der Waals surface area contributed by atoms with Gasteiger partial charge in [0.2, 0.25) is 0 Å². The summed E-state index contributed by atoms with van der Waals surface area (Å²) in [5, 5.41) is 0. The molecule has 0 unspecified atom stereocenters. The van der Waals surface area contributed by atoms with E-state index in [4.69, 9.17) is 0 Å². The molecule has 0 heteroatoms. The highest BCUT2D eigenvalue weighted by molar-refractivity contribution is 5.29. The van der Waals surface area contributed by atoms with Crippen LogP contribution in [0.3, 0.4) is 0 Å².